The number of nitriles is 1. The van der Waals surface area contributed by atoms with Gasteiger partial charge in [0.25, 0.3) is 0 Å². The Kier molecular flexibility index (Phi) is 3.65. The number of benzene rings is 1. The maximum atomic E-state index is 11.4. The van der Waals surface area contributed by atoms with Crippen LogP contribution in [0.2, 0.25) is 0 Å². The van der Waals surface area contributed by atoms with Crippen molar-refractivity contribution >= 4 is 21.7 Å². The minimum atomic E-state index is -0.927. The van der Waals surface area contributed by atoms with E-state index in [9.17, 15) is 4.79 Å². The molecule has 0 aromatic heterocycles. The number of halogens is 1. The lowest BCUT2D eigenvalue weighted by atomic mass is 9.82. The van der Waals surface area contributed by atoms with E-state index in [1.165, 1.54) is 6.92 Å². The van der Waals surface area contributed by atoms with Gasteiger partial charge in [-0.2, -0.15) is 5.26 Å². The van der Waals surface area contributed by atoms with Crippen LogP contribution < -0.4 is 0 Å². The molecular weight excluding hydrogens is 254 g/mol. The van der Waals surface area contributed by atoms with Crippen LogP contribution in [0.25, 0.3) is 0 Å². The molecule has 0 aliphatic rings. The standard InChI is InChI=1S/C12H12BrNO/c1-9(15)12(2,8-14)7-10-5-3-4-6-11(10)13/h3-6H,7H2,1-2H3. The molecule has 2 nitrogen and oxygen atoms in total. The monoisotopic (exact) mass is 265 g/mol. The lowest BCUT2D eigenvalue weighted by Crippen LogP contribution is -2.26. The van der Waals surface area contributed by atoms with Crippen LogP contribution >= 0.6 is 15.9 Å². The van der Waals surface area contributed by atoms with Crippen molar-refractivity contribution in [3.05, 3.63) is 34.3 Å². The van der Waals surface area contributed by atoms with Crippen molar-refractivity contribution in [1.29, 1.82) is 5.26 Å². The van der Waals surface area contributed by atoms with Crippen LogP contribution in [0.4, 0.5) is 0 Å². The summed E-state index contributed by atoms with van der Waals surface area (Å²) in [6, 6.07) is 9.72. The number of nitrogens with zero attached hydrogens (tertiary/aromatic N) is 1. The smallest absolute Gasteiger partial charge is 0.150 e. The van der Waals surface area contributed by atoms with Gasteiger partial charge in [-0.3, -0.25) is 4.79 Å². The second kappa shape index (κ2) is 4.59. The second-order valence-corrected chi connectivity index (χ2v) is 4.62. The molecule has 1 atom stereocenters. The molecule has 78 valence electrons. The van der Waals surface area contributed by atoms with E-state index < -0.39 is 5.41 Å². The molecule has 0 saturated heterocycles. The number of rotatable bonds is 3. The van der Waals surface area contributed by atoms with E-state index in [2.05, 4.69) is 22.0 Å². The van der Waals surface area contributed by atoms with Gasteiger partial charge in [0.15, 0.2) is 0 Å². The summed E-state index contributed by atoms with van der Waals surface area (Å²) in [5.74, 6) is -0.0965. The highest BCUT2D eigenvalue weighted by molar-refractivity contribution is 9.10. The molecule has 0 heterocycles. The molecule has 15 heavy (non-hydrogen) atoms. The van der Waals surface area contributed by atoms with Gasteiger partial charge in [0.1, 0.15) is 11.2 Å². The highest BCUT2D eigenvalue weighted by atomic mass is 79.9. The summed E-state index contributed by atoms with van der Waals surface area (Å²) in [4.78, 5) is 11.4. The number of hydrogen-bond acceptors (Lipinski definition) is 2. The number of ketones is 1. The average molecular weight is 266 g/mol. The first-order chi connectivity index (χ1) is 6.99. The van der Waals surface area contributed by atoms with Gasteiger partial charge in [-0.25, -0.2) is 0 Å². The van der Waals surface area contributed by atoms with Crippen molar-refractivity contribution in [1.82, 2.24) is 0 Å². The zero-order valence-corrected chi connectivity index (χ0v) is 10.3. The molecule has 0 aliphatic heterocycles. The Balaban J connectivity index is 3.01. The van der Waals surface area contributed by atoms with Crippen molar-refractivity contribution in [2.24, 2.45) is 5.41 Å². The zero-order chi connectivity index (χ0) is 11.5. The molecule has 1 rings (SSSR count). The van der Waals surface area contributed by atoms with E-state index in [0.717, 1.165) is 10.0 Å². The third kappa shape index (κ3) is 2.66. The lowest BCUT2D eigenvalue weighted by Gasteiger charge is -2.18. The molecule has 0 radical (unpaired) electrons. The SMILES string of the molecule is CC(=O)C(C)(C#N)Cc1ccccc1Br. The van der Waals surface area contributed by atoms with Gasteiger partial charge in [0.05, 0.1) is 6.07 Å². The third-order valence-electron chi connectivity index (χ3n) is 2.53. The van der Waals surface area contributed by atoms with Crippen LogP contribution in [0.15, 0.2) is 28.7 Å². The Morgan fingerprint density at radius 3 is 2.60 bits per heavy atom. The van der Waals surface area contributed by atoms with Crippen LogP contribution in [-0.4, -0.2) is 5.78 Å². The first-order valence-electron chi connectivity index (χ1n) is 4.65. The summed E-state index contributed by atoms with van der Waals surface area (Å²) >= 11 is 3.41. The Labute approximate surface area is 98.0 Å². The van der Waals surface area contributed by atoms with E-state index in [1.54, 1.807) is 6.92 Å². The predicted octanol–water partition coefficient (Wildman–Crippen LogP) is 3.11. The van der Waals surface area contributed by atoms with Gasteiger partial charge in [0, 0.05) is 4.47 Å². The van der Waals surface area contributed by atoms with Gasteiger partial charge >= 0.3 is 0 Å². The van der Waals surface area contributed by atoms with Gasteiger partial charge in [-0.15, -0.1) is 0 Å². The second-order valence-electron chi connectivity index (χ2n) is 3.77. The van der Waals surface area contributed by atoms with E-state index in [-0.39, 0.29) is 5.78 Å². The lowest BCUT2D eigenvalue weighted by molar-refractivity contribution is -0.123. The average Bonchev–Trinajstić information content (AvgIpc) is 2.21. The molecule has 1 aromatic rings. The third-order valence-corrected chi connectivity index (χ3v) is 3.30. The van der Waals surface area contributed by atoms with E-state index in [1.807, 2.05) is 24.3 Å². The van der Waals surface area contributed by atoms with Crippen molar-refractivity contribution in [3.63, 3.8) is 0 Å². The number of Topliss-reactive ketones (excluding diaryl/α,β-unsaturated/α-hetero) is 1. The summed E-state index contributed by atoms with van der Waals surface area (Å²) in [5, 5.41) is 9.02. The van der Waals surface area contributed by atoms with Crippen LogP contribution in [0.1, 0.15) is 19.4 Å². The highest BCUT2D eigenvalue weighted by Gasteiger charge is 2.30. The highest BCUT2D eigenvalue weighted by Crippen LogP contribution is 2.27. The summed E-state index contributed by atoms with van der Waals surface area (Å²) in [6.07, 6.45) is 0.445. The minimum Gasteiger partial charge on any atom is -0.298 e. The van der Waals surface area contributed by atoms with Crippen LogP contribution in [0.5, 0.6) is 0 Å². The first-order valence-corrected chi connectivity index (χ1v) is 5.44. The van der Waals surface area contributed by atoms with E-state index in [4.69, 9.17) is 5.26 Å². The van der Waals surface area contributed by atoms with E-state index in [0.29, 0.717) is 6.42 Å². The maximum absolute atomic E-state index is 11.4. The van der Waals surface area contributed by atoms with E-state index >= 15 is 0 Å². The van der Waals surface area contributed by atoms with Gasteiger partial charge in [-0.1, -0.05) is 34.1 Å². The minimum absolute atomic E-state index is 0.0965. The molecule has 0 fully saturated rings. The molecule has 0 spiro atoms. The quantitative estimate of drug-likeness (QED) is 0.843. The number of carbonyl (C=O) groups is 1. The molecule has 1 unspecified atom stereocenters. The molecular formula is C12H12BrNO. The summed E-state index contributed by atoms with van der Waals surface area (Å²) in [5.41, 5.74) is 0.0564. The molecule has 0 amide bonds. The summed E-state index contributed by atoms with van der Waals surface area (Å²) in [7, 11) is 0. The fourth-order valence-electron chi connectivity index (χ4n) is 1.27. The van der Waals surface area contributed by atoms with Crippen LogP contribution in [0, 0.1) is 16.7 Å². The molecule has 0 aliphatic carbocycles. The fourth-order valence-corrected chi connectivity index (χ4v) is 1.69. The summed E-state index contributed by atoms with van der Waals surface area (Å²) in [6.45, 7) is 3.13. The summed E-state index contributed by atoms with van der Waals surface area (Å²) < 4.78 is 0.938. The van der Waals surface area contributed by atoms with Gasteiger partial charge in [-0.05, 0) is 31.9 Å². The van der Waals surface area contributed by atoms with Crippen LogP contribution in [-0.2, 0) is 11.2 Å². The normalized spacial score (nSPS) is 14.0. The predicted molar refractivity (Wildman–Crippen MR) is 62.2 cm³/mol. The molecule has 3 heteroatoms. The molecule has 0 saturated carbocycles. The molecule has 0 bridgehead atoms. The topological polar surface area (TPSA) is 40.9 Å². The first kappa shape index (κ1) is 11.9. The van der Waals surface area contributed by atoms with Crippen molar-refractivity contribution in [2.45, 2.75) is 20.3 Å². The van der Waals surface area contributed by atoms with Crippen molar-refractivity contribution in [2.75, 3.05) is 0 Å². The number of carbonyl (C=O) groups excluding carboxylic acids is 1. The maximum Gasteiger partial charge on any atom is 0.150 e. The van der Waals surface area contributed by atoms with Crippen molar-refractivity contribution < 1.29 is 4.79 Å². The number of hydrogen-bond donors (Lipinski definition) is 0. The van der Waals surface area contributed by atoms with Gasteiger partial charge < -0.3 is 0 Å². The van der Waals surface area contributed by atoms with Crippen molar-refractivity contribution in [3.8, 4) is 6.07 Å². The Hall–Kier alpha value is -1.14. The molecule has 0 N–H and O–H groups in total. The fraction of sp³-hybridized carbons (Fsp3) is 0.333. The largest absolute Gasteiger partial charge is 0.298 e. The molecule has 1 aromatic carbocycles. The van der Waals surface area contributed by atoms with Gasteiger partial charge in [0.2, 0.25) is 0 Å². The Bertz CT molecular complexity index is 422. The Morgan fingerprint density at radius 1 is 1.53 bits per heavy atom. The zero-order valence-electron chi connectivity index (χ0n) is 8.75. The van der Waals surface area contributed by atoms with Crippen LogP contribution in [0.3, 0.4) is 0 Å². The Morgan fingerprint density at radius 2 is 2.13 bits per heavy atom.